The van der Waals surface area contributed by atoms with Gasteiger partial charge in [-0.05, 0) is 32.1 Å². The van der Waals surface area contributed by atoms with Crippen LogP contribution in [0.15, 0.2) is 11.1 Å². The number of aromatic nitrogens is 2. The fraction of sp³-hybridized carbons (Fsp3) is 0.737. The molecule has 1 aromatic heterocycles. The highest BCUT2D eigenvalue weighted by Gasteiger charge is 2.33. The highest BCUT2D eigenvalue weighted by molar-refractivity contribution is 7.90. The molecule has 0 radical (unpaired) electrons. The Morgan fingerprint density at radius 2 is 1.86 bits per heavy atom. The summed E-state index contributed by atoms with van der Waals surface area (Å²) in [5.41, 5.74) is 0.621. The molecule has 1 atom stereocenters. The lowest BCUT2D eigenvalue weighted by atomic mass is 9.92. The number of carbonyl (C=O) groups is 1. The summed E-state index contributed by atoms with van der Waals surface area (Å²) < 4.78 is 29.9. The topological polar surface area (TPSA) is 92.7 Å². The van der Waals surface area contributed by atoms with E-state index in [4.69, 9.17) is 9.72 Å². The van der Waals surface area contributed by atoms with Gasteiger partial charge in [0, 0.05) is 45.0 Å². The summed E-state index contributed by atoms with van der Waals surface area (Å²) in [6.07, 6.45) is 7.14. The summed E-state index contributed by atoms with van der Waals surface area (Å²) in [5, 5.41) is 0. The van der Waals surface area contributed by atoms with E-state index in [0.717, 1.165) is 45.2 Å². The van der Waals surface area contributed by atoms with Crippen molar-refractivity contribution in [2.75, 3.05) is 50.5 Å². The lowest BCUT2D eigenvalue weighted by molar-refractivity contribution is -0.136. The van der Waals surface area contributed by atoms with Gasteiger partial charge in [-0.25, -0.2) is 18.4 Å². The first-order valence-corrected chi connectivity index (χ1v) is 12.0. The van der Waals surface area contributed by atoms with Crippen molar-refractivity contribution in [3.63, 3.8) is 0 Å². The van der Waals surface area contributed by atoms with Gasteiger partial charge in [0.25, 0.3) is 0 Å². The molecule has 3 aliphatic rings. The molecule has 0 saturated carbocycles. The summed E-state index contributed by atoms with van der Waals surface area (Å²) in [7, 11) is -3.41. The number of sulfone groups is 1. The molecule has 1 aromatic rings. The molecule has 0 aromatic carbocycles. The zero-order valence-electron chi connectivity index (χ0n) is 16.3. The summed E-state index contributed by atoms with van der Waals surface area (Å²) in [4.78, 5) is 25.9. The molecule has 9 heteroatoms. The molecule has 28 heavy (non-hydrogen) atoms. The summed E-state index contributed by atoms with van der Waals surface area (Å²) in [6, 6.07) is 0. The minimum atomic E-state index is -3.41. The predicted molar refractivity (Wildman–Crippen MR) is 104 cm³/mol. The van der Waals surface area contributed by atoms with Crippen LogP contribution in [-0.2, 0) is 19.4 Å². The number of carbonyl (C=O) groups excluding carboxylic acids is 1. The first-order chi connectivity index (χ1) is 13.4. The number of hydrogen-bond acceptors (Lipinski definition) is 7. The van der Waals surface area contributed by atoms with E-state index in [1.54, 1.807) is 0 Å². The van der Waals surface area contributed by atoms with E-state index in [1.165, 1.54) is 12.5 Å². The fourth-order valence-electron chi connectivity index (χ4n) is 4.38. The smallest absolute Gasteiger partial charge is 0.228 e. The monoisotopic (exact) mass is 408 g/mol. The second-order valence-electron chi connectivity index (χ2n) is 8.05. The van der Waals surface area contributed by atoms with Crippen LogP contribution in [0.4, 0.5) is 5.95 Å². The van der Waals surface area contributed by atoms with Crippen molar-refractivity contribution in [1.82, 2.24) is 14.9 Å². The Bertz CT molecular complexity index is 824. The van der Waals surface area contributed by atoms with E-state index < -0.39 is 9.84 Å². The van der Waals surface area contributed by atoms with Crippen LogP contribution in [0.2, 0.25) is 0 Å². The Morgan fingerprint density at radius 3 is 2.46 bits per heavy atom. The maximum atomic E-state index is 12.6. The number of anilines is 1. The quantitative estimate of drug-likeness (QED) is 0.740. The van der Waals surface area contributed by atoms with E-state index in [1.807, 2.05) is 4.90 Å². The standard InChI is InChI=1S/C19H28N4O4S/c1-28(25,26)16-12-20-19(23-7-2-3-8-23)21-17(16)14-4-9-22(10-5-14)18(24)15-6-11-27-13-15/h12,14-15H,2-11,13H2,1H3. The van der Waals surface area contributed by atoms with Crippen LogP contribution >= 0.6 is 0 Å². The van der Waals surface area contributed by atoms with Crippen molar-refractivity contribution in [2.45, 2.75) is 42.9 Å². The SMILES string of the molecule is CS(=O)(=O)c1cnc(N2CCCC2)nc1C1CCN(C(=O)C2CCOC2)CC1. The van der Waals surface area contributed by atoms with Crippen LogP contribution in [-0.4, -0.2) is 74.8 Å². The molecule has 1 amide bonds. The third-order valence-corrected chi connectivity index (χ3v) is 7.14. The van der Waals surface area contributed by atoms with E-state index in [-0.39, 0.29) is 22.6 Å². The highest BCUT2D eigenvalue weighted by atomic mass is 32.2. The third kappa shape index (κ3) is 4.00. The Balaban J connectivity index is 1.52. The Morgan fingerprint density at radius 1 is 1.14 bits per heavy atom. The molecule has 0 bridgehead atoms. The molecule has 0 spiro atoms. The normalized spacial score (nSPS) is 24.1. The lowest BCUT2D eigenvalue weighted by Gasteiger charge is -2.33. The molecular weight excluding hydrogens is 380 g/mol. The Hall–Kier alpha value is -1.74. The molecular formula is C19H28N4O4S. The van der Waals surface area contributed by atoms with E-state index in [2.05, 4.69) is 9.88 Å². The Labute approximate surface area is 166 Å². The number of piperidine rings is 1. The second-order valence-corrected chi connectivity index (χ2v) is 10.0. The van der Waals surface area contributed by atoms with Crippen molar-refractivity contribution in [1.29, 1.82) is 0 Å². The molecule has 1 unspecified atom stereocenters. The minimum Gasteiger partial charge on any atom is -0.381 e. The first kappa shape index (κ1) is 19.6. The average molecular weight is 409 g/mol. The van der Waals surface area contributed by atoms with Gasteiger partial charge in [0.15, 0.2) is 9.84 Å². The van der Waals surface area contributed by atoms with E-state index in [9.17, 15) is 13.2 Å². The summed E-state index contributed by atoms with van der Waals surface area (Å²) in [5.74, 6) is 0.795. The molecule has 0 N–H and O–H groups in total. The summed E-state index contributed by atoms with van der Waals surface area (Å²) >= 11 is 0. The predicted octanol–water partition coefficient (Wildman–Crippen LogP) is 1.22. The van der Waals surface area contributed by atoms with Crippen molar-refractivity contribution in [3.8, 4) is 0 Å². The van der Waals surface area contributed by atoms with Crippen LogP contribution in [0.5, 0.6) is 0 Å². The van der Waals surface area contributed by atoms with Gasteiger partial charge < -0.3 is 14.5 Å². The van der Waals surface area contributed by atoms with Crippen LogP contribution in [0, 0.1) is 5.92 Å². The van der Waals surface area contributed by atoms with Gasteiger partial charge >= 0.3 is 0 Å². The van der Waals surface area contributed by atoms with E-state index >= 15 is 0 Å². The molecule has 4 heterocycles. The van der Waals surface area contributed by atoms with E-state index in [0.29, 0.717) is 37.9 Å². The average Bonchev–Trinajstić information content (AvgIpc) is 3.40. The highest BCUT2D eigenvalue weighted by Crippen LogP contribution is 2.33. The molecule has 3 saturated heterocycles. The molecule has 4 rings (SSSR count). The van der Waals surface area contributed by atoms with Gasteiger partial charge in [0.2, 0.25) is 11.9 Å². The van der Waals surface area contributed by atoms with Crippen molar-refractivity contribution in [3.05, 3.63) is 11.9 Å². The molecule has 3 fully saturated rings. The zero-order chi connectivity index (χ0) is 19.7. The van der Waals surface area contributed by atoms with Gasteiger partial charge in [-0.3, -0.25) is 4.79 Å². The first-order valence-electron chi connectivity index (χ1n) is 10.1. The van der Waals surface area contributed by atoms with Crippen molar-refractivity contribution >= 4 is 21.7 Å². The van der Waals surface area contributed by atoms with Gasteiger partial charge in [-0.1, -0.05) is 0 Å². The zero-order valence-corrected chi connectivity index (χ0v) is 17.2. The number of amides is 1. The third-order valence-electron chi connectivity index (χ3n) is 6.03. The van der Waals surface area contributed by atoms with Crippen molar-refractivity contribution < 1.29 is 17.9 Å². The maximum absolute atomic E-state index is 12.6. The number of nitrogens with zero attached hydrogens (tertiary/aromatic N) is 4. The lowest BCUT2D eigenvalue weighted by Crippen LogP contribution is -2.41. The van der Waals surface area contributed by atoms with Crippen LogP contribution in [0.3, 0.4) is 0 Å². The number of ether oxygens (including phenoxy) is 1. The fourth-order valence-corrected chi connectivity index (χ4v) is 5.22. The molecule has 8 nitrogen and oxygen atoms in total. The van der Waals surface area contributed by atoms with Gasteiger partial charge in [-0.15, -0.1) is 0 Å². The number of hydrogen-bond donors (Lipinski definition) is 0. The van der Waals surface area contributed by atoms with Gasteiger partial charge in [-0.2, -0.15) is 0 Å². The van der Waals surface area contributed by atoms with Crippen LogP contribution in [0.1, 0.15) is 43.7 Å². The maximum Gasteiger partial charge on any atom is 0.228 e. The Kier molecular flexibility index (Phi) is 5.55. The second kappa shape index (κ2) is 7.94. The minimum absolute atomic E-state index is 0.0241. The van der Waals surface area contributed by atoms with Gasteiger partial charge in [0.1, 0.15) is 4.90 Å². The number of likely N-dealkylation sites (tertiary alicyclic amines) is 1. The van der Waals surface area contributed by atoms with Crippen molar-refractivity contribution in [2.24, 2.45) is 5.92 Å². The van der Waals surface area contributed by atoms with Gasteiger partial charge in [0.05, 0.1) is 24.4 Å². The molecule has 154 valence electrons. The molecule has 3 aliphatic heterocycles. The summed E-state index contributed by atoms with van der Waals surface area (Å²) in [6.45, 7) is 4.26. The van der Waals surface area contributed by atoms with Crippen LogP contribution < -0.4 is 4.90 Å². The molecule has 0 aliphatic carbocycles. The number of rotatable bonds is 4. The van der Waals surface area contributed by atoms with Crippen LogP contribution in [0.25, 0.3) is 0 Å². The largest absolute Gasteiger partial charge is 0.381 e.